The lowest BCUT2D eigenvalue weighted by Gasteiger charge is -2.22. The van der Waals surface area contributed by atoms with Gasteiger partial charge >= 0.3 is 0 Å². The number of thiophene rings is 1. The number of nitrogens with zero attached hydrogens (tertiary/aromatic N) is 2. The van der Waals surface area contributed by atoms with Crippen LogP contribution in [0.2, 0.25) is 0 Å². The fourth-order valence-electron chi connectivity index (χ4n) is 2.17. The van der Waals surface area contributed by atoms with E-state index >= 15 is 0 Å². The number of carbonyl (C=O) groups is 1. The Hall–Kier alpha value is -1.92. The molecule has 1 aliphatic carbocycles. The number of carbonyl (C=O) groups excluding carboxylic acids is 1. The predicted octanol–water partition coefficient (Wildman–Crippen LogP) is 2.23. The highest BCUT2D eigenvalue weighted by molar-refractivity contribution is 7.09. The molecule has 1 aliphatic rings. The number of hydrogen-bond donors (Lipinski definition) is 2. The van der Waals surface area contributed by atoms with E-state index in [-0.39, 0.29) is 5.91 Å². The predicted molar refractivity (Wildman–Crippen MR) is 79.3 cm³/mol. The second-order valence-electron chi connectivity index (χ2n) is 4.81. The van der Waals surface area contributed by atoms with Crippen LogP contribution in [0.15, 0.2) is 36.0 Å². The number of anilines is 1. The van der Waals surface area contributed by atoms with Gasteiger partial charge in [0.25, 0.3) is 5.91 Å². The van der Waals surface area contributed by atoms with Crippen molar-refractivity contribution in [1.29, 1.82) is 0 Å². The van der Waals surface area contributed by atoms with E-state index in [4.69, 9.17) is 5.84 Å². The fraction of sp³-hybridized carbons (Fsp3) is 0.286. The normalized spacial score (nSPS) is 14.1. The maximum Gasteiger partial charge on any atom is 0.258 e. The van der Waals surface area contributed by atoms with E-state index in [0.717, 1.165) is 12.8 Å². The Balaban J connectivity index is 1.85. The van der Waals surface area contributed by atoms with Crippen LogP contribution in [0, 0.1) is 0 Å². The topological polar surface area (TPSA) is 71.2 Å². The molecule has 5 nitrogen and oxygen atoms in total. The third-order valence-corrected chi connectivity index (χ3v) is 4.22. The second kappa shape index (κ2) is 5.60. The van der Waals surface area contributed by atoms with Crippen molar-refractivity contribution in [2.45, 2.75) is 25.4 Å². The van der Waals surface area contributed by atoms with Crippen LogP contribution < -0.4 is 11.3 Å². The molecule has 2 aromatic rings. The Labute approximate surface area is 121 Å². The maximum atomic E-state index is 12.7. The fourth-order valence-corrected chi connectivity index (χ4v) is 2.87. The van der Waals surface area contributed by atoms with Crippen molar-refractivity contribution in [3.63, 3.8) is 0 Å². The number of nitrogen functional groups attached to an aromatic ring is 1. The molecule has 1 amide bonds. The van der Waals surface area contributed by atoms with Crippen molar-refractivity contribution in [2.75, 3.05) is 5.43 Å². The molecule has 1 saturated carbocycles. The third-order valence-electron chi connectivity index (χ3n) is 3.36. The maximum absolute atomic E-state index is 12.7. The van der Waals surface area contributed by atoms with E-state index in [2.05, 4.69) is 16.5 Å². The number of pyridine rings is 1. The van der Waals surface area contributed by atoms with E-state index < -0.39 is 0 Å². The minimum absolute atomic E-state index is 0.0121. The molecule has 104 valence electrons. The number of nitrogens with one attached hydrogen (secondary N) is 1. The molecule has 0 saturated heterocycles. The first-order chi connectivity index (χ1) is 9.79. The van der Waals surface area contributed by atoms with Gasteiger partial charge < -0.3 is 10.3 Å². The first-order valence-electron chi connectivity index (χ1n) is 6.53. The standard InChI is InChI=1S/C14H16N4OS/c15-17-13-5-6-16-8-12(13)14(19)18(10-3-4-10)9-11-2-1-7-20-11/h1-2,5-8,10H,3-4,9,15H2,(H,16,17). The van der Waals surface area contributed by atoms with Crippen molar-refractivity contribution in [1.82, 2.24) is 9.88 Å². The summed E-state index contributed by atoms with van der Waals surface area (Å²) in [7, 11) is 0. The van der Waals surface area contributed by atoms with Crippen LogP contribution >= 0.6 is 11.3 Å². The summed E-state index contributed by atoms with van der Waals surface area (Å²) in [6, 6.07) is 6.12. The number of nitrogens with two attached hydrogens (primary N) is 1. The monoisotopic (exact) mass is 288 g/mol. The highest BCUT2D eigenvalue weighted by Crippen LogP contribution is 2.31. The van der Waals surface area contributed by atoms with Gasteiger partial charge in [0.15, 0.2) is 0 Å². The van der Waals surface area contributed by atoms with Crippen molar-refractivity contribution >= 4 is 22.9 Å². The van der Waals surface area contributed by atoms with Crippen LogP contribution in [-0.2, 0) is 6.54 Å². The average molecular weight is 288 g/mol. The smallest absolute Gasteiger partial charge is 0.258 e. The largest absolute Gasteiger partial charge is 0.330 e. The van der Waals surface area contributed by atoms with Gasteiger partial charge in [-0.15, -0.1) is 11.3 Å². The Morgan fingerprint density at radius 3 is 3.00 bits per heavy atom. The molecule has 3 N–H and O–H groups in total. The Morgan fingerprint density at radius 2 is 2.35 bits per heavy atom. The Morgan fingerprint density at radius 1 is 1.50 bits per heavy atom. The summed E-state index contributed by atoms with van der Waals surface area (Å²) >= 11 is 1.67. The average Bonchev–Trinajstić information content (AvgIpc) is 3.20. The summed E-state index contributed by atoms with van der Waals surface area (Å²) in [6.07, 6.45) is 5.33. The summed E-state index contributed by atoms with van der Waals surface area (Å²) < 4.78 is 0. The SMILES string of the molecule is NNc1ccncc1C(=O)N(Cc1cccs1)C1CC1. The zero-order chi connectivity index (χ0) is 13.9. The number of rotatable bonds is 5. The van der Waals surface area contributed by atoms with Crippen LogP contribution in [0.3, 0.4) is 0 Å². The minimum atomic E-state index is -0.0121. The summed E-state index contributed by atoms with van der Waals surface area (Å²) in [5.74, 6) is 5.46. The Kier molecular flexibility index (Phi) is 3.66. The van der Waals surface area contributed by atoms with Gasteiger partial charge in [0.05, 0.1) is 17.8 Å². The van der Waals surface area contributed by atoms with Gasteiger partial charge in [0.2, 0.25) is 0 Å². The molecule has 0 unspecified atom stereocenters. The van der Waals surface area contributed by atoms with Gasteiger partial charge in [-0.3, -0.25) is 15.6 Å². The lowest BCUT2D eigenvalue weighted by molar-refractivity contribution is 0.0732. The van der Waals surface area contributed by atoms with E-state index in [1.165, 1.54) is 4.88 Å². The molecule has 2 aromatic heterocycles. The van der Waals surface area contributed by atoms with Gasteiger partial charge in [-0.05, 0) is 30.4 Å². The molecular formula is C14H16N4OS. The van der Waals surface area contributed by atoms with Crippen molar-refractivity contribution in [3.05, 3.63) is 46.4 Å². The van der Waals surface area contributed by atoms with Gasteiger partial charge in [-0.1, -0.05) is 6.07 Å². The van der Waals surface area contributed by atoms with E-state index in [0.29, 0.717) is 23.8 Å². The van der Waals surface area contributed by atoms with Gasteiger partial charge in [0, 0.05) is 23.3 Å². The molecule has 3 rings (SSSR count). The van der Waals surface area contributed by atoms with Gasteiger partial charge in [0.1, 0.15) is 0 Å². The number of hydrogen-bond acceptors (Lipinski definition) is 5. The van der Waals surface area contributed by atoms with E-state index in [1.807, 2.05) is 16.3 Å². The van der Waals surface area contributed by atoms with Crippen LogP contribution in [0.4, 0.5) is 5.69 Å². The molecule has 2 heterocycles. The Bertz CT molecular complexity index is 595. The third kappa shape index (κ3) is 2.66. The molecule has 0 atom stereocenters. The summed E-state index contributed by atoms with van der Waals surface area (Å²) in [6.45, 7) is 0.653. The lowest BCUT2D eigenvalue weighted by atomic mass is 10.2. The van der Waals surface area contributed by atoms with E-state index in [1.54, 1.807) is 29.8 Å². The highest BCUT2D eigenvalue weighted by Gasteiger charge is 2.34. The van der Waals surface area contributed by atoms with Crippen LogP contribution in [0.25, 0.3) is 0 Å². The lowest BCUT2D eigenvalue weighted by Crippen LogP contribution is -2.33. The molecule has 0 aromatic carbocycles. The van der Waals surface area contributed by atoms with Crippen molar-refractivity contribution < 1.29 is 4.79 Å². The van der Waals surface area contributed by atoms with Crippen molar-refractivity contribution in [2.24, 2.45) is 5.84 Å². The quantitative estimate of drug-likeness (QED) is 0.654. The first-order valence-corrected chi connectivity index (χ1v) is 7.41. The molecule has 1 fully saturated rings. The summed E-state index contributed by atoms with van der Waals surface area (Å²) in [5.41, 5.74) is 3.70. The molecule has 0 spiro atoms. The van der Waals surface area contributed by atoms with Gasteiger partial charge in [-0.25, -0.2) is 0 Å². The zero-order valence-corrected chi connectivity index (χ0v) is 11.8. The molecular weight excluding hydrogens is 272 g/mol. The van der Waals surface area contributed by atoms with Crippen LogP contribution in [-0.4, -0.2) is 21.8 Å². The molecule has 0 aliphatic heterocycles. The van der Waals surface area contributed by atoms with Crippen LogP contribution in [0.5, 0.6) is 0 Å². The van der Waals surface area contributed by atoms with Gasteiger partial charge in [-0.2, -0.15) is 0 Å². The van der Waals surface area contributed by atoms with Crippen molar-refractivity contribution in [3.8, 4) is 0 Å². The number of hydrazine groups is 1. The summed E-state index contributed by atoms with van der Waals surface area (Å²) in [5, 5.41) is 2.03. The second-order valence-corrected chi connectivity index (χ2v) is 5.84. The molecule has 0 bridgehead atoms. The molecule has 0 radical (unpaired) electrons. The number of aromatic nitrogens is 1. The molecule has 6 heteroatoms. The van der Waals surface area contributed by atoms with Crippen LogP contribution in [0.1, 0.15) is 28.1 Å². The number of amides is 1. The highest BCUT2D eigenvalue weighted by atomic mass is 32.1. The zero-order valence-electron chi connectivity index (χ0n) is 11.0. The molecule has 20 heavy (non-hydrogen) atoms. The summed E-state index contributed by atoms with van der Waals surface area (Å²) in [4.78, 5) is 19.9. The minimum Gasteiger partial charge on any atom is -0.330 e. The van der Waals surface area contributed by atoms with E-state index in [9.17, 15) is 4.79 Å². The first kappa shape index (κ1) is 13.1.